The van der Waals surface area contributed by atoms with Crippen LogP contribution in [0.2, 0.25) is 0 Å². The Morgan fingerprint density at radius 2 is 1.50 bits per heavy atom. The monoisotopic (exact) mass is 371 g/mol. The predicted octanol–water partition coefficient (Wildman–Crippen LogP) is 4.97. The third kappa shape index (κ3) is 4.76. The van der Waals surface area contributed by atoms with Crippen LogP contribution in [0.1, 0.15) is 17.0 Å². The van der Waals surface area contributed by atoms with E-state index in [-0.39, 0.29) is 11.9 Å². The van der Waals surface area contributed by atoms with Gasteiger partial charge in [0.05, 0.1) is 0 Å². The van der Waals surface area contributed by atoms with Crippen molar-refractivity contribution in [1.29, 1.82) is 0 Å². The number of benzene rings is 2. The van der Waals surface area contributed by atoms with Crippen LogP contribution in [-0.2, 0) is 9.53 Å². The molecule has 0 bridgehead atoms. The molecular weight excluding hydrogens is 346 g/mol. The summed E-state index contributed by atoms with van der Waals surface area (Å²) >= 11 is 0. The molecule has 0 spiro atoms. The van der Waals surface area contributed by atoms with Gasteiger partial charge in [-0.2, -0.15) is 0 Å². The van der Waals surface area contributed by atoms with E-state index in [0.717, 1.165) is 11.1 Å². The quantitative estimate of drug-likeness (QED) is 0.485. The van der Waals surface area contributed by atoms with E-state index in [1.54, 1.807) is 12.2 Å². The number of rotatable bonds is 8. The van der Waals surface area contributed by atoms with Crippen LogP contribution in [0.4, 0.5) is 0 Å². The summed E-state index contributed by atoms with van der Waals surface area (Å²) in [6.07, 6.45) is 9.43. The lowest BCUT2D eigenvalue weighted by Crippen LogP contribution is -2.47. The zero-order valence-corrected chi connectivity index (χ0v) is 15.9. The summed E-state index contributed by atoms with van der Waals surface area (Å²) in [6, 6.07) is 19.6. The normalized spacial score (nSPS) is 19.3. The second kappa shape index (κ2) is 9.67. The van der Waals surface area contributed by atoms with E-state index in [9.17, 15) is 4.79 Å². The molecule has 1 aliphatic heterocycles. The molecule has 1 aliphatic rings. The van der Waals surface area contributed by atoms with Gasteiger partial charge in [-0.1, -0.05) is 78.9 Å². The highest BCUT2D eigenvalue weighted by Crippen LogP contribution is 2.32. The van der Waals surface area contributed by atoms with Crippen molar-refractivity contribution < 1.29 is 9.53 Å². The van der Waals surface area contributed by atoms with Gasteiger partial charge in [0.15, 0.2) is 0 Å². The summed E-state index contributed by atoms with van der Waals surface area (Å²) in [4.78, 5) is 15.0. The number of nitrogens with zero attached hydrogens (tertiary/aromatic N) is 1. The van der Waals surface area contributed by atoms with Crippen LogP contribution in [-0.4, -0.2) is 30.0 Å². The van der Waals surface area contributed by atoms with Crippen LogP contribution in [0.3, 0.4) is 0 Å². The lowest BCUT2D eigenvalue weighted by Gasteiger charge is -2.36. The van der Waals surface area contributed by atoms with Crippen LogP contribution in [0.25, 0.3) is 6.08 Å². The second-order valence-electron chi connectivity index (χ2n) is 6.65. The molecule has 0 fully saturated rings. The van der Waals surface area contributed by atoms with E-state index < -0.39 is 6.04 Å². The molecule has 2 aromatic rings. The van der Waals surface area contributed by atoms with Gasteiger partial charge >= 0.3 is 5.97 Å². The van der Waals surface area contributed by atoms with Crippen molar-refractivity contribution in [3.8, 4) is 0 Å². The van der Waals surface area contributed by atoms with Gasteiger partial charge in [0.1, 0.15) is 11.8 Å². The largest absolute Gasteiger partial charge is 0.426 e. The summed E-state index contributed by atoms with van der Waals surface area (Å²) in [7, 11) is 0. The molecule has 3 nitrogen and oxygen atoms in total. The van der Waals surface area contributed by atoms with Crippen molar-refractivity contribution in [2.24, 2.45) is 0 Å². The molecule has 3 rings (SSSR count). The van der Waals surface area contributed by atoms with Gasteiger partial charge < -0.3 is 4.74 Å². The molecule has 0 amide bonds. The second-order valence-corrected chi connectivity index (χ2v) is 6.65. The van der Waals surface area contributed by atoms with E-state index in [1.807, 2.05) is 83.8 Å². The smallest absolute Gasteiger partial charge is 0.329 e. The molecule has 28 heavy (non-hydrogen) atoms. The first-order valence-corrected chi connectivity index (χ1v) is 9.40. The first-order valence-electron chi connectivity index (χ1n) is 9.40. The highest BCUT2D eigenvalue weighted by molar-refractivity contribution is 5.81. The van der Waals surface area contributed by atoms with Gasteiger partial charge in [-0.3, -0.25) is 4.90 Å². The van der Waals surface area contributed by atoms with Gasteiger partial charge in [0.25, 0.3) is 0 Å². The van der Waals surface area contributed by atoms with Crippen LogP contribution >= 0.6 is 0 Å². The van der Waals surface area contributed by atoms with Gasteiger partial charge in [-0.15, -0.1) is 13.2 Å². The van der Waals surface area contributed by atoms with Crippen molar-refractivity contribution in [3.63, 3.8) is 0 Å². The highest BCUT2D eigenvalue weighted by Gasteiger charge is 2.37. The number of cyclic esters (lactones) is 1. The molecule has 0 aromatic heterocycles. The highest BCUT2D eigenvalue weighted by atomic mass is 16.5. The fourth-order valence-electron chi connectivity index (χ4n) is 3.42. The van der Waals surface area contributed by atoms with Crippen LogP contribution < -0.4 is 0 Å². The van der Waals surface area contributed by atoms with Gasteiger partial charge in [-0.05, 0) is 23.3 Å². The molecule has 0 radical (unpaired) electrons. The number of carbonyl (C=O) groups excluding carboxylic acids is 1. The van der Waals surface area contributed by atoms with Crippen molar-refractivity contribution in [3.05, 3.63) is 115 Å². The van der Waals surface area contributed by atoms with E-state index in [2.05, 4.69) is 13.2 Å². The minimum atomic E-state index is -0.424. The molecule has 0 unspecified atom stereocenters. The Morgan fingerprint density at radius 1 is 0.893 bits per heavy atom. The van der Waals surface area contributed by atoms with Gasteiger partial charge in [0.2, 0.25) is 0 Å². The number of hydrogen-bond donors (Lipinski definition) is 0. The van der Waals surface area contributed by atoms with Gasteiger partial charge in [-0.25, -0.2) is 4.79 Å². The summed E-state index contributed by atoms with van der Waals surface area (Å²) in [5.74, 6) is 0.196. The number of carbonyl (C=O) groups is 1. The minimum Gasteiger partial charge on any atom is -0.426 e. The number of ether oxygens (including phenoxy) is 1. The average molecular weight is 371 g/mol. The van der Waals surface area contributed by atoms with E-state index in [0.29, 0.717) is 18.8 Å². The van der Waals surface area contributed by atoms with Crippen molar-refractivity contribution >= 4 is 12.0 Å². The Balaban J connectivity index is 1.96. The predicted molar refractivity (Wildman–Crippen MR) is 115 cm³/mol. The standard InChI is InChI=1S/C25H25NO2/c1-3-17-26(18-4-2)24-23(21-13-9-6-10-14-21)19-22(28-25(24)27)16-15-20-11-7-5-8-12-20/h3-16,19,23-24H,1-2,17-18H2/b16-15+/t23-,24-/m1/s1. The summed E-state index contributed by atoms with van der Waals surface area (Å²) < 4.78 is 5.67. The Labute approximate surface area is 167 Å². The zero-order valence-electron chi connectivity index (χ0n) is 15.9. The number of allylic oxidation sites excluding steroid dienone is 1. The molecule has 3 heteroatoms. The summed E-state index contributed by atoms with van der Waals surface area (Å²) in [5.41, 5.74) is 2.13. The molecular formula is C25H25NO2. The molecule has 0 aliphatic carbocycles. The molecule has 1 heterocycles. The SMILES string of the molecule is C=CCN(CC=C)[C@H]1C(=O)OC(/C=C/c2ccccc2)=C[C@@H]1c1ccccc1. The van der Waals surface area contributed by atoms with Crippen LogP contribution in [0.5, 0.6) is 0 Å². The number of hydrogen-bond acceptors (Lipinski definition) is 3. The summed E-state index contributed by atoms with van der Waals surface area (Å²) in [6.45, 7) is 8.81. The molecule has 2 atom stereocenters. The molecule has 0 saturated heterocycles. The third-order valence-corrected chi connectivity index (χ3v) is 4.69. The molecule has 0 saturated carbocycles. The fourth-order valence-corrected chi connectivity index (χ4v) is 3.42. The lowest BCUT2D eigenvalue weighted by atomic mass is 9.88. The Bertz CT molecular complexity index is 858. The lowest BCUT2D eigenvalue weighted by molar-refractivity contribution is -0.146. The fraction of sp³-hybridized carbons (Fsp3) is 0.160. The maximum absolute atomic E-state index is 13.0. The molecule has 142 valence electrons. The Kier molecular flexibility index (Phi) is 6.77. The molecule has 0 N–H and O–H groups in total. The summed E-state index contributed by atoms with van der Waals surface area (Å²) in [5, 5.41) is 0. The van der Waals surface area contributed by atoms with Crippen LogP contribution in [0, 0.1) is 0 Å². The first kappa shape index (κ1) is 19.6. The molecule has 2 aromatic carbocycles. The van der Waals surface area contributed by atoms with Crippen molar-refractivity contribution in [1.82, 2.24) is 4.90 Å². The number of esters is 1. The topological polar surface area (TPSA) is 29.5 Å². The van der Waals surface area contributed by atoms with E-state index in [4.69, 9.17) is 4.74 Å². The Morgan fingerprint density at radius 3 is 2.11 bits per heavy atom. The van der Waals surface area contributed by atoms with Crippen molar-refractivity contribution in [2.45, 2.75) is 12.0 Å². The third-order valence-electron chi connectivity index (χ3n) is 4.69. The first-order chi connectivity index (χ1) is 13.7. The maximum atomic E-state index is 13.0. The van der Waals surface area contributed by atoms with Crippen LogP contribution in [0.15, 0.2) is 104 Å². The average Bonchev–Trinajstić information content (AvgIpc) is 2.73. The van der Waals surface area contributed by atoms with E-state index >= 15 is 0 Å². The van der Waals surface area contributed by atoms with E-state index in [1.165, 1.54) is 0 Å². The van der Waals surface area contributed by atoms with Gasteiger partial charge in [0, 0.05) is 19.0 Å². The minimum absolute atomic E-state index is 0.113. The van der Waals surface area contributed by atoms with Crippen molar-refractivity contribution in [2.75, 3.05) is 13.1 Å². The zero-order chi connectivity index (χ0) is 19.8. The Hall–Kier alpha value is -3.17. The maximum Gasteiger partial charge on any atom is 0.329 e.